The molecule has 0 fully saturated rings. The lowest BCUT2D eigenvalue weighted by Gasteiger charge is -1.80. The van der Waals surface area contributed by atoms with Gasteiger partial charge in [-0.05, 0) is 12.1 Å². The van der Waals surface area contributed by atoms with E-state index in [-0.39, 0.29) is 0 Å². The van der Waals surface area contributed by atoms with Gasteiger partial charge in [-0.25, -0.2) is 10.5 Å². The summed E-state index contributed by atoms with van der Waals surface area (Å²) in [6.45, 7) is 0. The van der Waals surface area contributed by atoms with Crippen LogP contribution in [-0.2, 0) is 0 Å². The second-order valence-corrected chi connectivity index (χ2v) is 3.09. The molecule has 2 rings (SSSR count). The van der Waals surface area contributed by atoms with Crippen molar-refractivity contribution in [1.29, 1.82) is 5.53 Å². The van der Waals surface area contributed by atoms with Gasteiger partial charge in [0.1, 0.15) is 0 Å². The van der Waals surface area contributed by atoms with Gasteiger partial charge in [0.2, 0.25) is 5.13 Å². The number of thiazole rings is 1. The summed E-state index contributed by atoms with van der Waals surface area (Å²) in [6.07, 6.45) is 0. The van der Waals surface area contributed by atoms with Crippen molar-refractivity contribution in [2.75, 3.05) is 0 Å². The fourth-order valence-corrected chi connectivity index (χ4v) is 1.66. The minimum absolute atomic E-state index is 0.520. The fraction of sp³-hybridized carbons (Fsp3) is 0. The smallest absolute Gasteiger partial charge is 0.217 e. The average Bonchev–Trinajstić information content (AvgIpc) is 2.46. The van der Waals surface area contributed by atoms with Crippen LogP contribution >= 0.6 is 11.3 Å². The van der Waals surface area contributed by atoms with Gasteiger partial charge in [-0.15, -0.1) is 5.11 Å². The standard InChI is InChI=1S/C7H5N3S/c8-10-7-9-5-3-1-2-4-6(5)11-7/h1-4,8H. The predicted molar refractivity (Wildman–Crippen MR) is 44.4 cm³/mol. The van der Waals surface area contributed by atoms with Crippen molar-refractivity contribution >= 4 is 26.7 Å². The Morgan fingerprint density at radius 3 is 2.91 bits per heavy atom. The van der Waals surface area contributed by atoms with Gasteiger partial charge in [-0.3, -0.25) is 0 Å². The number of nitrogens with zero attached hydrogens (tertiary/aromatic N) is 2. The highest BCUT2D eigenvalue weighted by atomic mass is 32.1. The van der Waals surface area contributed by atoms with Crippen molar-refractivity contribution in [3.05, 3.63) is 24.3 Å². The van der Waals surface area contributed by atoms with Gasteiger partial charge in [-0.1, -0.05) is 23.5 Å². The number of benzene rings is 1. The van der Waals surface area contributed by atoms with E-state index in [1.165, 1.54) is 11.3 Å². The summed E-state index contributed by atoms with van der Waals surface area (Å²) < 4.78 is 1.08. The molecule has 0 radical (unpaired) electrons. The van der Waals surface area contributed by atoms with E-state index >= 15 is 0 Å². The van der Waals surface area contributed by atoms with Gasteiger partial charge >= 0.3 is 0 Å². The van der Waals surface area contributed by atoms with Crippen LogP contribution in [0.25, 0.3) is 10.2 Å². The molecule has 0 bridgehead atoms. The van der Waals surface area contributed by atoms with Gasteiger partial charge in [0.25, 0.3) is 0 Å². The Morgan fingerprint density at radius 1 is 1.36 bits per heavy atom. The van der Waals surface area contributed by atoms with Crippen LogP contribution < -0.4 is 0 Å². The van der Waals surface area contributed by atoms with Crippen LogP contribution in [-0.4, -0.2) is 4.98 Å². The predicted octanol–water partition coefficient (Wildman–Crippen LogP) is 2.96. The number of hydrogen-bond acceptors (Lipinski definition) is 4. The zero-order valence-corrected chi connectivity index (χ0v) is 6.43. The van der Waals surface area contributed by atoms with Crippen LogP contribution in [0.15, 0.2) is 29.4 Å². The van der Waals surface area contributed by atoms with E-state index < -0.39 is 0 Å². The Morgan fingerprint density at radius 2 is 2.18 bits per heavy atom. The highest BCUT2D eigenvalue weighted by molar-refractivity contribution is 7.21. The van der Waals surface area contributed by atoms with E-state index in [1.54, 1.807) is 0 Å². The maximum absolute atomic E-state index is 6.75. The molecule has 0 saturated carbocycles. The Hall–Kier alpha value is -1.29. The van der Waals surface area contributed by atoms with E-state index in [4.69, 9.17) is 5.53 Å². The Balaban J connectivity index is 2.78. The molecule has 54 valence electrons. The molecule has 0 unspecified atom stereocenters. The van der Waals surface area contributed by atoms with Gasteiger partial charge < -0.3 is 0 Å². The summed E-state index contributed by atoms with van der Waals surface area (Å²) in [7, 11) is 0. The lowest BCUT2D eigenvalue weighted by Crippen LogP contribution is -1.62. The lowest BCUT2D eigenvalue weighted by molar-refractivity contribution is 1.13. The van der Waals surface area contributed by atoms with Crippen LogP contribution in [0.2, 0.25) is 0 Å². The monoisotopic (exact) mass is 163 g/mol. The summed E-state index contributed by atoms with van der Waals surface area (Å²) in [6, 6.07) is 7.77. The van der Waals surface area contributed by atoms with Crippen LogP contribution in [0.4, 0.5) is 5.13 Å². The number of aromatic nitrogens is 1. The lowest BCUT2D eigenvalue weighted by atomic mass is 10.3. The summed E-state index contributed by atoms with van der Waals surface area (Å²) in [5, 5.41) is 3.78. The maximum atomic E-state index is 6.75. The Kier molecular flexibility index (Phi) is 1.40. The topological polar surface area (TPSA) is 49.1 Å². The molecule has 0 saturated heterocycles. The third-order valence-corrected chi connectivity index (χ3v) is 2.31. The molecule has 0 aliphatic carbocycles. The van der Waals surface area contributed by atoms with E-state index in [2.05, 4.69) is 10.1 Å². The van der Waals surface area contributed by atoms with Gasteiger partial charge in [0, 0.05) is 0 Å². The van der Waals surface area contributed by atoms with Crippen LogP contribution in [0.5, 0.6) is 0 Å². The molecular weight excluding hydrogens is 158 g/mol. The van der Waals surface area contributed by atoms with Crippen LogP contribution in [0, 0.1) is 5.53 Å². The molecule has 2 aromatic rings. The first-order valence-corrected chi connectivity index (χ1v) is 3.95. The van der Waals surface area contributed by atoms with E-state index in [9.17, 15) is 0 Å². The SMILES string of the molecule is N=Nc1nc2ccccc2s1. The summed E-state index contributed by atoms with van der Waals surface area (Å²) in [5.41, 5.74) is 7.67. The zero-order chi connectivity index (χ0) is 7.68. The number of fused-ring (bicyclic) bond motifs is 1. The number of nitrogens with one attached hydrogen (secondary N) is 1. The second-order valence-electron chi connectivity index (χ2n) is 2.08. The maximum Gasteiger partial charge on any atom is 0.230 e. The van der Waals surface area contributed by atoms with Crippen molar-refractivity contribution < 1.29 is 0 Å². The van der Waals surface area contributed by atoms with Crippen molar-refractivity contribution in [2.45, 2.75) is 0 Å². The number of rotatable bonds is 1. The van der Waals surface area contributed by atoms with Gasteiger partial charge in [-0.2, -0.15) is 0 Å². The largest absolute Gasteiger partial charge is 0.230 e. The van der Waals surface area contributed by atoms with E-state index in [0.29, 0.717) is 5.13 Å². The molecule has 1 N–H and O–H groups in total. The zero-order valence-electron chi connectivity index (χ0n) is 5.61. The van der Waals surface area contributed by atoms with Gasteiger partial charge in [0.15, 0.2) is 0 Å². The molecule has 11 heavy (non-hydrogen) atoms. The van der Waals surface area contributed by atoms with Gasteiger partial charge in [0.05, 0.1) is 10.2 Å². The highest BCUT2D eigenvalue weighted by Crippen LogP contribution is 2.26. The molecule has 0 amide bonds. The minimum atomic E-state index is 0.520. The summed E-state index contributed by atoms with van der Waals surface area (Å²) >= 11 is 1.43. The minimum Gasteiger partial charge on any atom is -0.217 e. The summed E-state index contributed by atoms with van der Waals surface area (Å²) in [5.74, 6) is 0. The van der Waals surface area contributed by atoms with Crippen LogP contribution in [0.1, 0.15) is 0 Å². The van der Waals surface area contributed by atoms with Crippen molar-refractivity contribution in [2.24, 2.45) is 5.11 Å². The van der Waals surface area contributed by atoms with E-state index in [1.807, 2.05) is 24.3 Å². The molecule has 0 aliphatic heterocycles. The molecule has 0 atom stereocenters. The Bertz CT molecular complexity index is 360. The van der Waals surface area contributed by atoms with Crippen molar-refractivity contribution in [3.63, 3.8) is 0 Å². The van der Waals surface area contributed by atoms with Crippen LogP contribution in [0.3, 0.4) is 0 Å². The van der Waals surface area contributed by atoms with E-state index in [0.717, 1.165) is 10.2 Å². The summed E-state index contributed by atoms with van der Waals surface area (Å²) in [4.78, 5) is 4.10. The number of hydrogen-bond donors (Lipinski definition) is 1. The molecule has 0 aliphatic rings. The first kappa shape index (κ1) is 6.42. The van der Waals surface area contributed by atoms with Crippen molar-refractivity contribution in [1.82, 2.24) is 4.98 Å². The Labute approximate surface area is 67.2 Å². The third kappa shape index (κ3) is 1.01. The third-order valence-electron chi connectivity index (χ3n) is 1.38. The average molecular weight is 163 g/mol. The molecule has 1 aromatic carbocycles. The molecule has 1 heterocycles. The molecule has 0 spiro atoms. The normalized spacial score (nSPS) is 10.2. The second kappa shape index (κ2) is 2.39. The first-order chi connectivity index (χ1) is 5.40. The quantitative estimate of drug-likeness (QED) is 0.645. The highest BCUT2D eigenvalue weighted by Gasteiger charge is 1.99. The molecule has 3 nitrogen and oxygen atoms in total. The molecular formula is C7H5N3S. The first-order valence-electron chi connectivity index (χ1n) is 3.13. The molecule has 1 aromatic heterocycles. The van der Waals surface area contributed by atoms with Crippen molar-refractivity contribution in [3.8, 4) is 0 Å². The molecule has 4 heteroatoms. The fourth-order valence-electron chi connectivity index (χ4n) is 0.908. The number of para-hydroxylation sites is 1.